The van der Waals surface area contributed by atoms with E-state index in [-0.39, 0.29) is 17.9 Å². The molecule has 29 heavy (non-hydrogen) atoms. The number of carbonyl (C=O) groups excluding carboxylic acids is 1. The van der Waals surface area contributed by atoms with Gasteiger partial charge in [-0.2, -0.15) is 0 Å². The minimum Gasteiger partial charge on any atom is -0.385 e. The van der Waals surface area contributed by atoms with Gasteiger partial charge in [0, 0.05) is 48.9 Å². The van der Waals surface area contributed by atoms with Crippen LogP contribution in [-0.4, -0.2) is 43.1 Å². The van der Waals surface area contributed by atoms with Crippen LogP contribution in [-0.2, 0) is 4.79 Å². The van der Waals surface area contributed by atoms with Gasteiger partial charge in [-0.1, -0.05) is 42.5 Å². The third kappa shape index (κ3) is 3.80. The number of amides is 1. The van der Waals surface area contributed by atoms with Crippen LogP contribution in [0.5, 0.6) is 0 Å². The van der Waals surface area contributed by atoms with Gasteiger partial charge in [-0.05, 0) is 35.4 Å². The van der Waals surface area contributed by atoms with Gasteiger partial charge < -0.3 is 14.9 Å². The molecule has 3 atom stereocenters. The largest absolute Gasteiger partial charge is 0.385 e. The molecule has 5 heteroatoms. The number of anilines is 1. The summed E-state index contributed by atoms with van der Waals surface area (Å²) in [6.45, 7) is 0. The number of carbonyl (C=O) groups is 1. The first kappa shape index (κ1) is 19.7. The minimum atomic E-state index is -0.715. The smallest absolute Gasteiger partial charge is 0.223 e. The number of benzene rings is 2. The summed E-state index contributed by atoms with van der Waals surface area (Å²) in [4.78, 5) is 18.3. The first-order valence-corrected chi connectivity index (χ1v) is 10.6. The van der Waals surface area contributed by atoms with E-state index >= 15 is 0 Å². The lowest BCUT2D eigenvalue weighted by molar-refractivity contribution is -0.128. The standard InChI is InChI=1S/C24H26N2O2S/c1-25(2)18-11-9-16(10-12-18)19-15-22(27)26(3)23(19)24(28)21-14-13-20(29-21)17-7-5-4-6-8-17/h4-14,19,23-24,28H,15H2,1-3H3/t19-,23-,24+/m1/s1. The van der Waals surface area contributed by atoms with E-state index in [2.05, 4.69) is 47.4 Å². The van der Waals surface area contributed by atoms with E-state index in [0.717, 1.165) is 26.6 Å². The van der Waals surface area contributed by atoms with E-state index in [1.807, 2.05) is 38.4 Å². The van der Waals surface area contributed by atoms with Gasteiger partial charge in [-0.25, -0.2) is 0 Å². The number of aliphatic hydroxyl groups is 1. The number of thiophene rings is 1. The van der Waals surface area contributed by atoms with E-state index in [1.165, 1.54) is 0 Å². The molecule has 1 aromatic heterocycles. The van der Waals surface area contributed by atoms with Gasteiger partial charge in [0.2, 0.25) is 5.91 Å². The fourth-order valence-electron chi connectivity index (χ4n) is 4.09. The van der Waals surface area contributed by atoms with Crippen molar-refractivity contribution in [1.82, 2.24) is 4.90 Å². The highest BCUT2D eigenvalue weighted by Gasteiger charge is 2.43. The Balaban J connectivity index is 1.62. The van der Waals surface area contributed by atoms with Gasteiger partial charge >= 0.3 is 0 Å². The van der Waals surface area contributed by atoms with Gasteiger partial charge in [0.25, 0.3) is 0 Å². The zero-order valence-electron chi connectivity index (χ0n) is 16.9. The maximum atomic E-state index is 12.5. The molecule has 1 N–H and O–H groups in total. The molecule has 2 aromatic carbocycles. The first-order valence-electron chi connectivity index (χ1n) is 9.82. The van der Waals surface area contributed by atoms with Crippen LogP contribution in [0.3, 0.4) is 0 Å². The summed E-state index contributed by atoms with van der Waals surface area (Å²) >= 11 is 1.59. The van der Waals surface area contributed by atoms with Crippen molar-refractivity contribution in [2.24, 2.45) is 0 Å². The second-order valence-electron chi connectivity index (χ2n) is 7.80. The SMILES string of the molecule is CN(C)c1ccc([C@H]2CC(=O)N(C)[C@H]2[C@@H](O)c2ccc(-c3ccccc3)s2)cc1. The third-order valence-corrected chi connectivity index (χ3v) is 6.99. The second-order valence-corrected chi connectivity index (χ2v) is 8.92. The fraction of sp³-hybridized carbons (Fsp3) is 0.292. The fourth-order valence-corrected chi connectivity index (χ4v) is 5.13. The van der Waals surface area contributed by atoms with E-state index < -0.39 is 6.10 Å². The molecule has 150 valence electrons. The van der Waals surface area contributed by atoms with Crippen molar-refractivity contribution in [1.29, 1.82) is 0 Å². The Morgan fingerprint density at radius 3 is 2.38 bits per heavy atom. The van der Waals surface area contributed by atoms with Crippen molar-refractivity contribution < 1.29 is 9.90 Å². The molecule has 4 nitrogen and oxygen atoms in total. The normalized spacial score (nSPS) is 20.1. The van der Waals surface area contributed by atoms with Crippen LogP contribution in [0.25, 0.3) is 10.4 Å². The van der Waals surface area contributed by atoms with Gasteiger partial charge in [-0.3, -0.25) is 4.79 Å². The molecule has 3 aromatic rings. The van der Waals surface area contributed by atoms with Crippen LogP contribution in [0.4, 0.5) is 5.69 Å². The number of hydrogen-bond donors (Lipinski definition) is 1. The number of nitrogens with zero attached hydrogens (tertiary/aromatic N) is 2. The molecule has 1 aliphatic heterocycles. The topological polar surface area (TPSA) is 43.8 Å². The average Bonchev–Trinajstić information content (AvgIpc) is 3.34. The second kappa shape index (κ2) is 8.01. The average molecular weight is 407 g/mol. The molecule has 0 aliphatic carbocycles. The van der Waals surface area contributed by atoms with Gasteiger partial charge in [0.05, 0.1) is 6.04 Å². The lowest BCUT2D eigenvalue weighted by Gasteiger charge is -2.29. The summed E-state index contributed by atoms with van der Waals surface area (Å²) in [5.41, 5.74) is 3.36. The summed E-state index contributed by atoms with van der Waals surface area (Å²) in [5.74, 6) is 0.0524. The third-order valence-electron chi connectivity index (χ3n) is 5.79. The monoisotopic (exact) mass is 406 g/mol. The molecule has 2 heterocycles. The zero-order valence-corrected chi connectivity index (χ0v) is 17.8. The van der Waals surface area contributed by atoms with Gasteiger partial charge in [0.15, 0.2) is 0 Å². The van der Waals surface area contributed by atoms with E-state index in [0.29, 0.717) is 6.42 Å². The molecule has 0 bridgehead atoms. The predicted octanol–water partition coefficient (Wildman–Crippen LogP) is 4.53. The van der Waals surface area contributed by atoms with Crippen molar-refractivity contribution >= 4 is 22.9 Å². The summed E-state index contributed by atoms with van der Waals surface area (Å²) < 4.78 is 0. The van der Waals surface area contributed by atoms with E-state index in [9.17, 15) is 9.90 Å². The number of likely N-dealkylation sites (N-methyl/N-ethyl adjacent to an activating group) is 1. The number of hydrogen-bond acceptors (Lipinski definition) is 4. The summed E-state index contributed by atoms with van der Waals surface area (Å²) in [5, 5.41) is 11.3. The van der Waals surface area contributed by atoms with Crippen LogP contribution in [0, 0.1) is 0 Å². The van der Waals surface area contributed by atoms with Crippen LogP contribution < -0.4 is 4.90 Å². The van der Waals surface area contributed by atoms with Crippen LogP contribution in [0.2, 0.25) is 0 Å². The van der Waals surface area contributed by atoms with Crippen molar-refractivity contribution in [2.45, 2.75) is 24.5 Å². The Morgan fingerprint density at radius 2 is 1.72 bits per heavy atom. The van der Waals surface area contributed by atoms with Crippen LogP contribution in [0.1, 0.15) is 28.9 Å². The number of rotatable bonds is 5. The van der Waals surface area contributed by atoms with Crippen molar-refractivity contribution in [3.05, 3.63) is 77.2 Å². The van der Waals surface area contributed by atoms with Crippen molar-refractivity contribution in [3.8, 4) is 10.4 Å². The summed E-state index contributed by atoms with van der Waals surface area (Å²) in [6, 6.07) is 22.2. The van der Waals surface area contributed by atoms with Crippen LogP contribution in [0.15, 0.2) is 66.7 Å². The lowest BCUT2D eigenvalue weighted by Crippen LogP contribution is -2.36. The maximum Gasteiger partial charge on any atom is 0.223 e. The quantitative estimate of drug-likeness (QED) is 0.677. The summed E-state index contributed by atoms with van der Waals surface area (Å²) in [7, 11) is 5.82. The molecule has 1 amide bonds. The van der Waals surface area contributed by atoms with Crippen LogP contribution >= 0.6 is 11.3 Å². The zero-order chi connectivity index (χ0) is 20.5. The Morgan fingerprint density at radius 1 is 1.03 bits per heavy atom. The molecule has 0 spiro atoms. The number of aliphatic hydroxyl groups excluding tert-OH is 1. The highest BCUT2D eigenvalue weighted by molar-refractivity contribution is 7.15. The molecule has 1 fully saturated rings. The van der Waals surface area contributed by atoms with Gasteiger partial charge in [0.1, 0.15) is 6.10 Å². The molecular formula is C24H26N2O2S. The molecule has 0 unspecified atom stereocenters. The minimum absolute atomic E-state index is 0.0269. The molecule has 0 saturated carbocycles. The molecule has 0 radical (unpaired) electrons. The highest BCUT2D eigenvalue weighted by atomic mass is 32.1. The summed E-state index contributed by atoms with van der Waals surface area (Å²) in [6.07, 6.45) is -0.288. The Bertz CT molecular complexity index is 982. The van der Waals surface area contributed by atoms with E-state index in [4.69, 9.17) is 0 Å². The predicted molar refractivity (Wildman–Crippen MR) is 119 cm³/mol. The molecule has 4 rings (SSSR count). The molecule has 1 aliphatic rings. The first-order chi connectivity index (χ1) is 14.0. The Kier molecular flexibility index (Phi) is 5.43. The molecular weight excluding hydrogens is 380 g/mol. The number of likely N-dealkylation sites (tertiary alicyclic amines) is 1. The Labute approximate surface area is 176 Å². The molecule has 1 saturated heterocycles. The highest BCUT2D eigenvalue weighted by Crippen LogP contribution is 2.42. The maximum absolute atomic E-state index is 12.5. The van der Waals surface area contributed by atoms with Crippen molar-refractivity contribution in [3.63, 3.8) is 0 Å². The van der Waals surface area contributed by atoms with Gasteiger partial charge in [-0.15, -0.1) is 11.3 Å². The van der Waals surface area contributed by atoms with Crippen molar-refractivity contribution in [2.75, 3.05) is 26.0 Å². The van der Waals surface area contributed by atoms with E-state index in [1.54, 1.807) is 23.3 Å². The lowest BCUT2D eigenvalue weighted by atomic mass is 9.88. The Hall–Kier alpha value is -2.63.